The summed E-state index contributed by atoms with van der Waals surface area (Å²) in [7, 11) is 0. The van der Waals surface area contributed by atoms with Crippen molar-refractivity contribution in [3.05, 3.63) is 58.1 Å². The van der Waals surface area contributed by atoms with Gasteiger partial charge in [-0.25, -0.2) is 0 Å². The highest BCUT2D eigenvalue weighted by Crippen LogP contribution is 2.29. The van der Waals surface area contributed by atoms with E-state index in [0.29, 0.717) is 28.6 Å². The molecule has 1 aliphatic heterocycles. The molecule has 0 bridgehead atoms. The Hall–Kier alpha value is -2.04. The zero-order chi connectivity index (χ0) is 17.3. The number of nitrogens with two attached hydrogens (primary N) is 1. The summed E-state index contributed by atoms with van der Waals surface area (Å²) in [6, 6.07) is 12.1. The molecular formula is C18H16Cl2N2O2. The quantitative estimate of drug-likeness (QED) is 0.903. The van der Waals surface area contributed by atoms with Gasteiger partial charge in [-0.15, -0.1) is 0 Å². The second-order valence-corrected chi connectivity index (χ2v) is 6.58. The van der Waals surface area contributed by atoms with Gasteiger partial charge in [0.1, 0.15) is 6.04 Å². The first-order valence-electron chi connectivity index (χ1n) is 7.63. The molecule has 0 radical (unpaired) electrons. The number of halogens is 2. The van der Waals surface area contributed by atoms with Gasteiger partial charge >= 0.3 is 0 Å². The molecule has 3 rings (SSSR count). The summed E-state index contributed by atoms with van der Waals surface area (Å²) in [5.74, 6) is -0.620. The van der Waals surface area contributed by atoms with Crippen LogP contribution in [0.2, 0.25) is 10.0 Å². The van der Waals surface area contributed by atoms with Crippen LogP contribution in [0.25, 0.3) is 11.1 Å². The van der Waals surface area contributed by atoms with Crippen molar-refractivity contribution in [3.8, 4) is 11.1 Å². The molecule has 1 fully saturated rings. The van der Waals surface area contributed by atoms with E-state index in [1.54, 1.807) is 29.2 Å². The maximum absolute atomic E-state index is 12.6. The predicted molar refractivity (Wildman–Crippen MR) is 95.2 cm³/mol. The van der Waals surface area contributed by atoms with E-state index in [-0.39, 0.29) is 5.91 Å². The molecule has 1 saturated heterocycles. The smallest absolute Gasteiger partial charge is 0.254 e. The van der Waals surface area contributed by atoms with Crippen molar-refractivity contribution < 1.29 is 9.59 Å². The molecule has 2 amide bonds. The number of hydrogen-bond acceptors (Lipinski definition) is 2. The maximum atomic E-state index is 12.6. The van der Waals surface area contributed by atoms with Gasteiger partial charge in [-0.05, 0) is 48.2 Å². The summed E-state index contributed by atoms with van der Waals surface area (Å²) in [6.07, 6.45) is 1.42. The highest BCUT2D eigenvalue weighted by Gasteiger charge is 2.33. The third-order valence-electron chi connectivity index (χ3n) is 4.23. The summed E-state index contributed by atoms with van der Waals surface area (Å²) >= 11 is 12.0. The van der Waals surface area contributed by atoms with E-state index in [2.05, 4.69) is 0 Å². The molecule has 124 valence electrons. The van der Waals surface area contributed by atoms with E-state index in [1.165, 1.54) is 0 Å². The Balaban J connectivity index is 1.82. The Morgan fingerprint density at radius 3 is 2.29 bits per heavy atom. The van der Waals surface area contributed by atoms with Crippen molar-refractivity contribution in [3.63, 3.8) is 0 Å². The van der Waals surface area contributed by atoms with Gasteiger partial charge in [0.25, 0.3) is 5.91 Å². The Bertz CT molecular complexity index is 790. The van der Waals surface area contributed by atoms with Crippen LogP contribution in [-0.4, -0.2) is 29.3 Å². The fourth-order valence-electron chi connectivity index (χ4n) is 2.95. The summed E-state index contributed by atoms with van der Waals surface area (Å²) < 4.78 is 0. The van der Waals surface area contributed by atoms with Crippen LogP contribution >= 0.6 is 23.2 Å². The van der Waals surface area contributed by atoms with Gasteiger partial charge in [-0.3, -0.25) is 9.59 Å². The van der Waals surface area contributed by atoms with E-state index < -0.39 is 11.9 Å². The van der Waals surface area contributed by atoms with Gasteiger partial charge in [-0.1, -0.05) is 41.4 Å². The number of nitrogens with zero attached hydrogens (tertiary/aromatic N) is 1. The minimum absolute atomic E-state index is 0.169. The first-order valence-corrected chi connectivity index (χ1v) is 8.39. The van der Waals surface area contributed by atoms with Crippen LogP contribution in [0.3, 0.4) is 0 Å². The second kappa shape index (κ2) is 6.83. The molecule has 1 heterocycles. The fourth-order valence-corrected chi connectivity index (χ4v) is 3.25. The largest absolute Gasteiger partial charge is 0.368 e. The Labute approximate surface area is 150 Å². The van der Waals surface area contributed by atoms with Gasteiger partial charge in [-0.2, -0.15) is 0 Å². The number of amides is 2. The maximum Gasteiger partial charge on any atom is 0.254 e. The molecular weight excluding hydrogens is 347 g/mol. The first kappa shape index (κ1) is 16.8. The molecule has 1 atom stereocenters. The van der Waals surface area contributed by atoms with Gasteiger partial charge < -0.3 is 10.6 Å². The molecule has 4 nitrogen and oxygen atoms in total. The van der Waals surface area contributed by atoms with Crippen LogP contribution in [-0.2, 0) is 4.79 Å². The van der Waals surface area contributed by atoms with Crippen molar-refractivity contribution in [2.75, 3.05) is 6.54 Å². The average molecular weight is 363 g/mol. The van der Waals surface area contributed by atoms with Gasteiger partial charge in [0.05, 0.1) is 10.0 Å². The number of carbonyl (C=O) groups excluding carboxylic acids is 2. The van der Waals surface area contributed by atoms with E-state index >= 15 is 0 Å². The van der Waals surface area contributed by atoms with Gasteiger partial charge in [0, 0.05) is 12.1 Å². The standard InChI is InChI=1S/C18H16Cl2N2O2/c19-14-8-7-13(10-15(14)20)11-3-5-12(6-4-11)18(24)22-9-1-2-16(22)17(21)23/h3-8,10,16H,1-2,9H2,(H2,21,23). The van der Waals surface area contributed by atoms with Gasteiger partial charge in [0.15, 0.2) is 0 Å². The number of benzene rings is 2. The van der Waals surface area contributed by atoms with Crippen LogP contribution in [0.15, 0.2) is 42.5 Å². The average Bonchev–Trinajstić information content (AvgIpc) is 3.07. The first-order chi connectivity index (χ1) is 11.5. The molecule has 2 aromatic rings. The zero-order valence-electron chi connectivity index (χ0n) is 12.8. The molecule has 0 saturated carbocycles. The summed E-state index contributed by atoms with van der Waals surface area (Å²) in [5.41, 5.74) is 7.75. The molecule has 2 aromatic carbocycles. The lowest BCUT2D eigenvalue weighted by Gasteiger charge is -2.22. The van der Waals surface area contributed by atoms with Crippen molar-refractivity contribution in [1.29, 1.82) is 0 Å². The van der Waals surface area contributed by atoms with Crippen molar-refractivity contribution >= 4 is 35.0 Å². The van der Waals surface area contributed by atoms with Gasteiger partial charge in [0.2, 0.25) is 5.91 Å². The monoisotopic (exact) mass is 362 g/mol. The predicted octanol–water partition coefficient (Wildman–Crippen LogP) is 3.75. The zero-order valence-corrected chi connectivity index (χ0v) is 14.3. The summed E-state index contributed by atoms with van der Waals surface area (Å²) in [4.78, 5) is 25.6. The van der Waals surface area contributed by atoms with Crippen LogP contribution in [0.5, 0.6) is 0 Å². The van der Waals surface area contributed by atoms with Crippen LogP contribution in [0, 0.1) is 0 Å². The molecule has 24 heavy (non-hydrogen) atoms. The van der Waals surface area contributed by atoms with E-state index in [0.717, 1.165) is 17.5 Å². The van der Waals surface area contributed by atoms with E-state index in [4.69, 9.17) is 28.9 Å². The molecule has 0 spiro atoms. The van der Waals surface area contributed by atoms with Crippen LogP contribution in [0.4, 0.5) is 0 Å². The van der Waals surface area contributed by atoms with Crippen molar-refractivity contribution in [2.24, 2.45) is 5.73 Å². The Morgan fingerprint density at radius 2 is 1.67 bits per heavy atom. The molecule has 1 aliphatic rings. The summed E-state index contributed by atoms with van der Waals surface area (Å²) in [5, 5.41) is 0.981. The Kier molecular flexibility index (Phi) is 4.78. The lowest BCUT2D eigenvalue weighted by Crippen LogP contribution is -2.43. The minimum Gasteiger partial charge on any atom is -0.368 e. The van der Waals surface area contributed by atoms with E-state index in [9.17, 15) is 9.59 Å². The normalized spacial score (nSPS) is 17.1. The number of rotatable bonds is 3. The summed E-state index contributed by atoms with van der Waals surface area (Å²) in [6.45, 7) is 0.557. The number of likely N-dealkylation sites (tertiary alicyclic amines) is 1. The molecule has 0 aromatic heterocycles. The number of hydrogen-bond donors (Lipinski definition) is 1. The second-order valence-electron chi connectivity index (χ2n) is 5.77. The molecule has 1 unspecified atom stereocenters. The third kappa shape index (κ3) is 3.25. The lowest BCUT2D eigenvalue weighted by atomic mass is 10.0. The number of carbonyl (C=O) groups is 2. The fraction of sp³-hybridized carbons (Fsp3) is 0.222. The number of primary amides is 1. The Morgan fingerprint density at radius 1 is 1.00 bits per heavy atom. The highest BCUT2D eigenvalue weighted by atomic mass is 35.5. The lowest BCUT2D eigenvalue weighted by molar-refractivity contribution is -0.121. The van der Waals surface area contributed by atoms with Crippen molar-refractivity contribution in [1.82, 2.24) is 4.90 Å². The molecule has 0 aliphatic carbocycles. The minimum atomic E-state index is -0.507. The van der Waals surface area contributed by atoms with Crippen LogP contribution in [0.1, 0.15) is 23.2 Å². The highest BCUT2D eigenvalue weighted by molar-refractivity contribution is 6.42. The SMILES string of the molecule is NC(=O)C1CCCN1C(=O)c1ccc(-c2ccc(Cl)c(Cl)c2)cc1. The molecule has 2 N–H and O–H groups in total. The van der Waals surface area contributed by atoms with Crippen molar-refractivity contribution in [2.45, 2.75) is 18.9 Å². The topological polar surface area (TPSA) is 63.4 Å². The van der Waals surface area contributed by atoms with E-state index in [1.807, 2.05) is 18.2 Å². The third-order valence-corrected chi connectivity index (χ3v) is 4.97. The molecule has 6 heteroatoms. The van der Waals surface area contributed by atoms with Crippen LogP contribution < -0.4 is 5.73 Å².